The van der Waals surface area contributed by atoms with E-state index in [1.807, 2.05) is 56.3 Å². The van der Waals surface area contributed by atoms with Crippen molar-refractivity contribution < 1.29 is 0 Å². The van der Waals surface area contributed by atoms with Crippen LogP contribution in [0.2, 0.25) is 0 Å². The summed E-state index contributed by atoms with van der Waals surface area (Å²) < 4.78 is 0. The minimum Gasteiger partial charge on any atom is -0.265 e. The Hall–Kier alpha value is -3.40. The predicted octanol–water partition coefficient (Wildman–Crippen LogP) is 5.45. The fourth-order valence-electron chi connectivity index (χ4n) is 2.53. The maximum Gasteiger partial charge on any atom is 0.0663 e. The Labute approximate surface area is 153 Å². The van der Waals surface area contributed by atoms with E-state index in [0.29, 0.717) is 0 Å². The van der Waals surface area contributed by atoms with E-state index in [9.17, 15) is 0 Å². The lowest BCUT2D eigenvalue weighted by atomic mass is 10.0. The molecule has 0 radical (unpaired) electrons. The van der Waals surface area contributed by atoms with Crippen molar-refractivity contribution in [3.63, 3.8) is 0 Å². The van der Waals surface area contributed by atoms with E-state index in [2.05, 4.69) is 28.2 Å². The van der Waals surface area contributed by atoms with Gasteiger partial charge in [0.15, 0.2) is 0 Å². The molecular weight excluding hydrogens is 320 g/mol. The zero-order valence-corrected chi connectivity index (χ0v) is 14.9. The first-order chi connectivity index (χ1) is 12.7. The van der Waals surface area contributed by atoms with Gasteiger partial charge in [-0.05, 0) is 49.8 Å². The van der Waals surface area contributed by atoms with Crippen LogP contribution in [0.15, 0.2) is 94.9 Å². The Kier molecular flexibility index (Phi) is 5.78. The summed E-state index contributed by atoms with van der Waals surface area (Å²) in [6.07, 6.45) is 9.07. The van der Waals surface area contributed by atoms with Crippen molar-refractivity contribution >= 4 is 28.9 Å². The molecule has 0 saturated heterocycles. The second-order valence-electron chi connectivity index (χ2n) is 5.77. The summed E-state index contributed by atoms with van der Waals surface area (Å²) in [4.78, 5) is 17.6. The molecule has 0 saturated carbocycles. The molecular formula is C22H20N4. The van der Waals surface area contributed by atoms with Gasteiger partial charge < -0.3 is 0 Å². The van der Waals surface area contributed by atoms with Gasteiger partial charge in [-0.2, -0.15) is 0 Å². The van der Waals surface area contributed by atoms with Crippen molar-refractivity contribution in [2.24, 2.45) is 9.98 Å². The number of hydrogen-bond acceptors (Lipinski definition) is 4. The number of aromatic nitrogens is 2. The minimum absolute atomic E-state index is 0.869. The summed E-state index contributed by atoms with van der Waals surface area (Å²) in [6.45, 7) is 4.00. The Bertz CT molecular complexity index is 870. The number of pyridine rings is 2. The summed E-state index contributed by atoms with van der Waals surface area (Å²) in [5, 5.41) is 0. The summed E-state index contributed by atoms with van der Waals surface area (Å²) in [5.74, 6) is 0. The second kappa shape index (κ2) is 8.62. The van der Waals surface area contributed by atoms with Crippen LogP contribution in [0.5, 0.6) is 0 Å². The average Bonchev–Trinajstić information content (AvgIpc) is 2.68. The molecule has 26 heavy (non-hydrogen) atoms. The molecule has 3 rings (SSSR count). The van der Waals surface area contributed by atoms with Crippen LogP contribution in [-0.4, -0.2) is 21.4 Å². The summed E-state index contributed by atoms with van der Waals surface area (Å²) >= 11 is 0. The Morgan fingerprint density at radius 1 is 0.692 bits per heavy atom. The van der Waals surface area contributed by atoms with Crippen LogP contribution >= 0.6 is 0 Å². The lowest BCUT2D eigenvalue weighted by Crippen LogP contribution is -2.07. The maximum atomic E-state index is 4.73. The Morgan fingerprint density at radius 2 is 1.15 bits per heavy atom. The molecule has 1 aromatic carbocycles. The van der Waals surface area contributed by atoms with Crippen LogP contribution < -0.4 is 0 Å². The smallest absolute Gasteiger partial charge is 0.0663 e. The van der Waals surface area contributed by atoms with Gasteiger partial charge in [-0.3, -0.25) is 20.0 Å². The molecule has 4 nitrogen and oxygen atoms in total. The van der Waals surface area contributed by atoms with Crippen LogP contribution in [0.4, 0.5) is 11.4 Å². The van der Waals surface area contributed by atoms with Gasteiger partial charge in [-0.15, -0.1) is 0 Å². The minimum atomic E-state index is 0.869. The average molecular weight is 340 g/mol. The van der Waals surface area contributed by atoms with Gasteiger partial charge in [-0.1, -0.05) is 30.3 Å². The lowest BCUT2D eigenvalue weighted by Gasteiger charge is -2.09. The molecule has 0 aliphatic rings. The monoisotopic (exact) mass is 340 g/mol. The van der Waals surface area contributed by atoms with Gasteiger partial charge in [0.2, 0.25) is 0 Å². The van der Waals surface area contributed by atoms with E-state index in [1.54, 1.807) is 24.8 Å². The van der Waals surface area contributed by atoms with Gasteiger partial charge in [0.05, 0.1) is 11.4 Å². The van der Waals surface area contributed by atoms with Crippen LogP contribution in [0.25, 0.3) is 6.08 Å². The van der Waals surface area contributed by atoms with E-state index in [-0.39, 0.29) is 0 Å². The zero-order chi connectivity index (χ0) is 18.2. The number of hydrogen-bond donors (Lipinski definition) is 0. The largest absolute Gasteiger partial charge is 0.265 e. The van der Waals surface area contributed by atoms with E-state index >= 15 is 0 Å². The summed E-state index contributed by atoms with van der Waals surface area (Å²) in [5.41, 5.74) is 5.63. The van der Waals surface area contributed by atoms with Crippen molar-refractivity contribution in [2.75, 3.05) is 0 Å². The van der Waals surface area contributed by atoms with Gasteiger partial charge >= 0.3 is 0 Å². The molecule has 0 amide bonds. The molecule has 0 aliphatic carbocycles. The molecule has 0 fully saturated rings. The number of allylic oxidation sites excluding steroid dienone is 1. The molecule has 2 heterocycles. The Morgan fingerprint density at radius 3 is 1.62 bits per heavy atom. The molecule has 0 N–H and O–H groups in total. The quantitative estimate of drug-likeness (QED) is 0.580. The fraction of sp³-hybridized carbons (Fsp3) is 0.0909. The third kappa shape index (κ3) is 4.80. The van der Waals surface area contributed by atoms with Gasteiger partial charge in [0.1, 0.15) is 0 Å². The molecule has 0 bridgehead atoms. The molecule has 3 aromatic rings. The molecule has 128 valence electrons. The predicted molar refractivity (Wildman–Crippen MR) is 108 cm³/mol. The lowest BCUT2D eigenvalue weighted by molar-refractivity contribution is 1.31. The molecule has 0 aliphatic heterocycles. The summed E-state index contributed by atoms with van der Waals surface area (Å²) in [7, 11) is 0. The third-order valence-electron chi connectivity index (χ3n) is 3.81. The standard InChI is InChI=1S/C22H20N4/c1-17(25-20-8-12-23-13-9-20)22(16-19-6-4-3-5-7-19)18(2)26-21-10-14-24-15-11-21/h3-16H,1-2H3/b22-16-,25-17+,26-18-. The van der Waals surface area contributed by atoms with Crippen LogP contribution in [0.1, 0.15) is 19.4 Å². The van der Waals surface area contributed by atoms with Crippen molar-refractivity contribution in [1.29, 1.82) is 0 Å². The summed E-state index contributed by atoms with van der Waals surface area (Å²) in [6, 6.07) is 17.7. The number of benzene rings is 1. The van der Waals surface area contributed by atoms with Gasteiger partial charge in [0, 0.05) is 41.8 Å². The van der Waals surface area contributed by atoms with Crippen molar-refractivity contribution in [3.8, 4) is 0 Å². The van der Waals surface area contributed by atoms with Crippen molar-refractivity contribution in [1.82, 2.24) is 9.97 Å². The van der Waals surface area contributed by atoms with Crippen LogP contribution in [-0.2, 0) is 0 Å². The first kappa shape index (κ1) is 17.4. The zero-order valence-electron chi connectivity index (χ0n) is 14.9. The molecule has 4 heteroatoms. The molecule has 0 spiro atoms. The number of nitrogens with zero attached hydrogens (tertiary/aromatic N) is 4. The highest BCUT2D eigenvalue weighted by molar-refractivity contribution is 6.26. The van der Waals surface area contributed by atoms with E-state index < -0.39 is 0 Å². The molecule has 2 aromatic heterocycles. The topological polar surface area (TPSA) is 50.5 Å². The van der Waals surface area contributed by atoms with E-state index in [1.165, 1.54) is 0 Å². The van der Waals surface area contributed by atoms with Crippen molar-refractivity contribution in [2.45, 2.75) is 13.8 Å². The first-order valence-corrected chi connectivity index (χ1v) is 8.40. The van der Waals surface area contributed by atoms with Crippen molar-refractivity contribution in [3.05, 3.63) is 90.5 Å². The Balaban J connectivity index is 2.03. The highest BCUT2D eigenvalue weighted by atomic mass is 14.8. The highest BCUT2D eigenvalue weighted by Crippen LogP contribution is 2.18. The van der Waals surface area contributed by atoms with E-state index in [4.69, 9.17) is 9.98 Å². The highest BCUT2D eigenvalue weighted by Gasteiger charge is 2.08. The normalized spacial score (nSPS) is 12.9. The van der Waals surface area contributed by atoms with Crippen LogP contribution in [0.3, 0.4) is 0 Å². The SMILES string of the molecule is CC(=N/c1ccncc1)/C(=C\c1ccccc1)C(/C)=N/c1ccncc1. The number of aliphatic imine (C=N–C) groups is 2. The van der Waals surface area contributed by atoms with E-state index in [0.717, 1.165) is 33.9 Å². The van der Waals surface area contributed by atoms with Gasteiger partial charge in [-0.25, -0.2) is 0 Å². The third-order valence-corrected chi connectivity index (χ3v) is 3.81. The maximum absolute atomic E-state index is 4.73. The molecule has 0 atom stereocenters. The number of rotatable bonds is 5. The molecule has 0 unspecified atom stereocenters. The van der Waals surface area contributed by atoms with Gasteiger partial charge in [0.25, 0.3) is 0 Å². The fourth-order valence-corrected chi connectivity index (χ4v) is 2.53. The first-order valence-electron chi connectivity index (χ1n) is 8.40. The second-order valence-corrected chi connectivity index (χ2v) is 5.77. The van der Waals surface area contributed by atoms with Crippen LogP contribution in [0, 0.1) is 0 Å².